The first kappa shape index (κ1) is 10.5. The number of rotatable bonds is 2. The van der Waals surface area contributed by atoms with Crippen LogP contribution in [0.4, 0.5) is 0 Å². The first-order valence-electron chi connectivity index (χ1n) is 5.39. The van der Waals surface area contributed by atoms with Gasteiger partial charge in [0.05, 0.1) is 11.3 Å². The van der Waals surface area contributed by atoms with Gasteiger partial charge in [0.25, 0.3) is 0 Å². The Hall–Kier alpha value is -2.69. The lowest BCUT2D eigenvalue weighted by atomic mass is 10.0. The average Bonchev–Trinajstić information content (AvgIpc) is 2.85. The molecule has 0 bridgehead atoms. The highest BCUT2D eigenvalue weighted by Crippen LogP contribution is 2.21. The van der Waals surface area contributed by atoms with Crippen molar-refractivity contribution < 1.29 is 9.90 Å². The lowest BCUT2D eigenvalue weighted by Crippen LogP contribution is -2.01. The van der Waals surface area contributed by atoms with Crippen LogP contribution in [-0.4, -0.2) is 25.7 Å². The van der Waals surface area contributed by atoms with E-state index in [9.17, 15) is 4.79 Å². The maximum atomic E-state index is 11.2. The summed E-state index contributed by atoms with van der Waals surface area (Å²) >= 11 is 0. The van der Waals surface area contributed by atoms with Gasteiger partial charge >= 0.3 is 5.97 Å². The molecule has 3 rings (SSSR count). The van der Waals surface area contributed by atoms with Crippen LogP contribution < -0.4 is 0 Å². The van der Waals surface area contributed by atoms with Crippen molar-refractivity contribution in [2.24, 2.45) is 0 Å². The predicted octanol–water partition coefficient (Wildman–Crippen LogP) is 2.09. The number of fused-ring (bicyclic) bond motifs is 1. The fourth-order valence-corrected chi connectivity index (χ4v) is 1.85. The Kier molecular flexibility index (Phi) is 2.30. The van der Waals surface area contributed by atoms with E-state index < -0.39 is 5.97 Å². The van der Waals surface area contributed by atoms with Gasteiger partial charge in [-0.05, 0) is 18.2 Å². The third-order valence-electron chi connectivity index (χ3n) is 2.69. The molecule has 0 saturated carbocycles. The number of carboxylic acids is 1. The molecule has 2 heterocycles. The Morgan fingerprint density at radius 1 is 1.17 bits per heavy atom. The number of hydrogen-bond acceptors (Lipinski definition) is 3. The maximum Gasteiger partial charge on any atom is 0.336 e. The molecule has 3 aromatic rings. The van der Waals surface area contributed by atoms with E-state index in [0.29, 0.717) is 11.3 Å². The largest absolute Gasteiger partial charge is 0.478 e. The highest BCUT2D eigenvalue weighted by atomic mass is 16.4. The van der Waals surface area contributed by atoms with E-state index in [2.05, 4.69) is 10.1 Å². The molecule has 0 saturated heterocycles. The normalized spacial score (nSPS) is 10.7. The smallest absolute Gasteiger partial charge is 0.336 e. The Morgan fingerprint density at radius 2 is 2.00 bits per heavy atom. The van der Waals surface area contributed by atoms with E-state index in [0.717, 1.165) is 5.65 Å². The molecule has 5 heteroatoms. The standard InChI is InChI=1S/C13H9N3O2/c17-13(18)10-4-2-1-3-9(10)11-5-6-12-14-7-8-16(12)15-11/h1-8H,(H,17,18). The zero-order chi connectivity index (χ0) is 12.5. The molecule has 0 aliphatic carbocycles. The lowest BCUT2D eigenvalue weighted by molar-refractivity contribution is 0.0697. The molecule has 88 valence electrons. The number of aromatic carboxylic acids is 1. The van der Waals surface area contributed by atoms with Gasteiger partial charge in [0.1, 0.15) is 0 Å². The molecular formula is C13H9N3O2. The quantitative estimate of drug-likeness (QED) is 0.743. The van der Waals surface area contributed by atoms with E-state index in [4.69, 9.17) is 5.11 Å². The van der Waals surface area contributed by atoms with Crippen LogP contribution in [0.25, 0.3) is 16.9 Å². The van der Waals surface area contributed by atoms with Crippen molar-refractivity contribution in [3.05, 3.63) is 54.4 Å². The average molecular weight is 239 g/mol. The molecule has 2 aromatic heterocycles. The Morgan fingerprint density at radius 3 is 2.83 bits per heavy atom. The monoisotopic (exact) mass is 239 g/mol. The van der Waals surface area contributed by atoms with Gasteiger partial charge in [0.15, 0.2) is 5.65 Å². The van der Waals surface area contributed by atoms with E-state index >= 15 is 0 Å². The fraction of sp³-hybridized carbons (Fsp3) is 0. The van der Waals surface area contributed by atoms with Crippen molar-refractivity contribution in [3.8, 4) is 11.3 Å². The number of imidazole rings is 1. The summed E-state index contributed by atoms with van der Waals surface area (Å²) in [4.78, 5) is 15.3. The minimum absolute atomic E-state index is 0.240. The van der Waals surface area contributed by atoms with Crippen LogP contribution in [-0.2, 0) is 0 Å². The highest BCUT2D eigenvalue weighted by Gasteiger charge is 2.12. The van der Waals surface area contributed by atoms with Crippen molar-refractivity contribution in [3.63, 3.8) is 0 Å². The summed E-state index contributed by atoms with van der Waals surface area (Å²) in [5, 5.41) is 13.5. The minimum atomic E-state index is -0.960. The fourth-order valence-electron chi connectivity index (χ4n) is 1.85. The Balaban J connectivity index is 2.22. The van der Waals surface area contributed by atoms with Gasteiger partial charge < -0.3 is 5.11 Å². The van der Waals surface area contributed by atoms with E-state index in [1.54, 1.807) is 53.3 Å². The van der Waals surface area contributed by atoms with Crippen LogP contribution in [0, 0.1) is 0 Å². The van der Waals surface area contributed by atoms with Crippen molar-refractivity contribution in [1.29, 1.82) is 0 Å². The van der Waals surface area contributed by atoms with Crippen molar-refractivity contribution in [1.82, 2.24) is 14.6 Å². The van der Waals surface area contributed by atoms with Crippen molar-refractivity contribution in [2.45, 2.75) is 0 Å². The van der Waals surface area contributed by atoms with Crippen LogP contribution in [0.5, 0.6) is 0 Å². The van der Waals surface area contributed by atoms with E-state index in [1.165, 1.54) is 0 Å². The number of hydrogen-bond donors (Lipinski definition) is 1. The van der Waals surface area contributed by atoms with Crippen molar-refractivity contribution >= 4 is 11.6 Å². The summed E-state index contributed by atoms with van der Waals surface area (Å²) in [6.45, 7) is 0. The molecule has 0 amide bonds. The molecule has 0 atom stereocenters. The summed E-state index contributed by atoms with van der Waals surface area (Å²) in [5.41, 5.74) is 2.18. The Bertz CT molecular complexity index is 734. The highest BCUT2D eigenvalue weighted by molar-refractivity contribution is 5.95. The summed E-state index contributed by atoms with van der Waals surface area (Å²) in [7, 11) is 0. The third-order valence-corrected chi connectivity index (χ3v) is 2.69. The number of aromatic nitrogens is 3. The number of benzene rings is 1. The Labute approximate surface area is 102 Å². The minimum Gasteiger partial charge on any atom is -0.478 e. The second kappa shape index (κ2) is 3.96. The topological polar surface area (TPSA) is 67.5 Å². The summed E-state index contributed by atoms with van der Waals surface area (Å²) < 4.78 is 1.62. The molecule has 0 aliphatic heterocycles. The molecule has 18 heavy (non-hydrogen) atoms. The zero-order valence-corrected chi connectivity index (χ0v) is 9.32. The molecule has 5 nitrogen and oxygen atoms in total. The van der Waals surface area contributed by atoms with Gasteiger partial charge in [-0.1, -0.05) is 18.2 Å². The van der Waals surface area contributed by atoms with Gasteiger partial charge in [0, 0.05) is 18.0 Å². The zero-order valence-electron chi connectivity index (χ0n) is 9.32. The molecule has 0 fully saturated rings. The van der Waals surface area contributed by atoms with E-state index in [-0.39, 0.29) is 5.56 Å². The molecule has 1 aromatic carbocycles. The van der Waals surface area contributed by atoms with Gasteiger partial charge in [-0.3, -0.25) is 0 Å². The van der Waals surface area contributed by atoms with Crippen LogP contribution in [0.2, 0.25) is 0 Å². The molecule has 1 N–H and O–H groups in total. The lowest BCUT2D eigenvalue weighted by Gasteiger charge is -2.05. The number of nitrogens with zero attached hydrogens (tertiary/aromatic N) is 3. The molecule has 0 spiro atoms. The molecule has 0 aliphatic rings. The second-order valence-corrected chi connectivity index (χ2v) is 3.80. The first-order valence-corrected chi connectivity index (χ1v) is 5.39. The van der Waals surface area contributed by atoms with Crippen LogP contribution in [0.3, 0.4) is 0 Å². The number of carboxylic acid groups (broad SMARTS) is 1. The van der Waals surface area contributed by atoms with Gasteiger partial charge in [-0.25, -0.2) is 14.3 Å². The SMILES string of the molecule is O=C(O)c1ccccc1-c1ccc2nccn2n1. The number of carbonyl (C=O) groups is 1. The molecule has 0 unspecified atom stereocenters. The van der Waals surface area contributed by atoms with E-state index in [1.807, 2.05) is 0 Å². The first-order chi connectivity index (χ1) is 8.75. The van der Waals surface area contributed by atoms with Gasteiger partial charge in [0.2, 0.25) is 0 Å². The predicted molar refractivity (Wildman–Crippen MR) is 65.4 cm³/mol. The van der Waals surface area contributed by atoms with Crippen LogP contribution in [0.1, 0.15) is 10.4 Å². The maximum absolute atomic E-state index is 11.2. The summed E-state index contributed by atoms with van der Waals surface area (Å²) in [6.07, 6.45) is 3.37. The second-order valence-electron chi connectivity index (χ2n) is 3.80. The van der Waals surface area contributed by atoms with Crippen molar-refractivity contribution in [2.75, 3.05) is 0 Å². The molecule has 0 radical (unpaired) electrons. The molecular weight excluding hydrogens is 230 g/mol. The van der Waals surface area contributed by atoms with Crippen LogP contribution in [0.15, 0.2) is 48.8 Å². The third kappa shape index (κ3) is 1.62. The summed E-state index contributed by atoms with van der Waals surface area (Å²) in [6, 6.07) is 10.4. The van der Waals surface area contributed by atoms with Gasteiger partial charge in [-0.15, -0.1) is 0 Å². The van der Waals surface area contributed by atoms with Crippen LogP contribution >= 0.6 is 0 Å². The van der Waals surface area contributed by atoms with Gasteiger partial charge in [-0.2, -0.15) is 5.10 Å². The summed E-state index contributed by atoms with van der Waals surface area (Å²) in [5.74, 6) is -0.960.